The molecule has 3 rings (SSSR count). The van der Waals surface area contributed by atoms with E-state index in [2.05, 4.69) is 5.32 Å². The van der Waals surface area contributed by atoms with Crippen molar-refractivity contribution in [2.45, 2.75) is 19.6 Å². The van der Waals surface area contributed by atoms with Crippen molar-refractivity contribution in [3.8, 4) is 5.75 Å². The molecule has 29 heavy (non-hydrogen) atoms. The van der Waals surface area contributed by atoms with Crippen molar-refractivity contribution in [3.63, 3.8) is 0 Å². The zero-order valence-corrected chi connectivity index (χ0v) is 16.1. The van der Waals surface area contributed by atoms with Crippen LogP contribution in [0.5, 0.6) is 5.75 Å². The average molecular weight is 397 g/mol. The number of rotatable bonds is 8. The molecule has 4 nitrogen and oxygen atoms in total. The second kappa shape index (κ2) is 9.80. The van der Waals surface area contributed by atoms with Crippen molar-refractivity contribution in [1.29, 1.82) is 0 Å². The number of hydrogen-bond acceptors (Lipinski definition) is 2. The lowest BCUT2D eigenvalue weighted by Gasteiger charge is -2.12. The van der Waals surface area contributed by atoms with Crippen molar-refractivity contribution in [2.75, 3.05) is 11.9 Å². The number of ether oxygens (including phenoxy) is 1. The molecule has 0 heterocycles. The maximum Gasteiger partial charge on any atom is 0.279 e. The van der Waals surface area contributed by atoms with Gasteiger partial charge in [-0.25, -0.2) is 8.78 Å². The minimum absolute atomic E-state index is 0.115. The van der Waals surface area contributed by atoms with E-state index in [4.69, 9.17) is 4.74 Å². The molecule has 0 bridgehead atoms. The quantitative estimate of drug-likeness (QED) is 0.607. The van der Waals surface area contributed by atoms with Crippen LogP contribution in [0.2, 0.25) is 0 Å². The third-order valence-corrected chi connectivity index (χ3v) is 4.50. The van der Waals surface area contributed by atoms with Crippen LogP contribution in [0.15, 0.2) is 72.8 Å². The van der Waals surface area contributed by atoms with E-state index < -0.39 is 11.6 Å². The third-order valence-electron chi connectivity index (χ3n) is 4.50. The zero-order valence-electron chi connectivity index (χ0n) is 16.1. The summed E-state index contributed by atoms with van der Waals surface area (Å²) in [5.74, 6) is -0.733. The van der Waals surface area contributed by atoms with Crippen LogP contribution < -0.4 is 15.4 Å². The standard InChI is InChI=1S/C23H22F2N2O2/c1-16(21-12-7-18(24)13-22(21)25)26-14-23(28)27-19-8-10-20(11-9-19)29-15-17-5-3-2-4-6-17/h2-13,16,26H,14-15H2,1H3,(H,27,28)/p+1/t16-/m1/s1. The van der Waals surface area contributed by atoms with Gasteiger partial charge in [-0.15, -0.1) is 0 Å². The molecular weight excluding hydrogens is 374 g/mol. The van der Waals surface area contributed by atoms with Crippen LogP contribution in [0.25, 0.3) is 0 Å². The number of hydrogen-bond donors (Lipinski definition) is 2. The summed E-state index contributed by atoms with van der Waals surface area (Å²) < 4.78 is 32.5. The summed E-state index contributed by atoms with van der Waals surface area (Å²) in [7, 11) is 0. The Balaban J connectivity index is 1.46. The number of carbonyl (C=O) groups is 1. The lowest BCUT2D eigenvalue weighted by molar-refractivity contribution is -0.682. The Hall–Kier alpha value is -3.25. The Kier molecular flexibility index (Phi) is 6.92. The Morgan fingerprint density at radius 2 is 1.76 bits per heavy atom. The van der Waals surface area contributed by atoms with E-state index in [1.807, 2.05) is 30.3 Å². The van der Waals surface area contributed by atoms with Gasteiger partial charge in [0.15, 0.2) is 6.54 Å². The molecule has 0 unspecified atom stereocenters. The van der Waals surface area contributed by atoms with Gasteiger partial charge in [-0.05, 0) is 48.9 Å². The predicted molar refractivity (Wildman–Crippen MR) is 107 cm³/mol. The summed E-state index contributed by atoms with van der Waals surface area (Å²) in [6.45, 7) is 2.35. The first-order valence-electron chi connectivity index (χ1n) is 9.36. The maximum atomic E-state index is 13.8. The number of anilines is 1. The fraction of sp³-hybridized carbons (Fsp3) is 0.174. The van der Waals surface area contributed by atoms with E-state index in [9.17, 15) is 13.6 Å². The van der Waals surface area contributed by atoms with E-state index in [1.165, 1.54) is 12.1 Å². The second-order valence-corrected chi connectivity index (χ2v) is 6.74. The summed E-state index contributed by atoms with van der Waals surface area (Å²) in [5, 5.41) is 4.49. The van der Waals surface area contributed by atoms with E-state index in [1.54, 1.807) is 36.5 Å². The van der Waals surface area contributed by atoms with Gasteiger partial charge in [0.1, 0.15) is 30.0 Å². The zero-order chi connectivity index (χ0) is 20.6. The van der Waals surface area contributed by atoms with E-state index in [0.29, 0.717) is 23.6 Å². The fourth-order valence-corrected chi connectivity index (χ4v) is 2.87. The van der Waals surface area contributed by atoms with Gasteiger partial charge in [-0.3, -0.25) is 4.79 Å². The summed E-state index contributed by atoms with van der Waals surface area (Å²) >= 11 is 0. The molecule has 3 N–H and O–H groups in total. The van der Waals surface area contributed by atoms with Crippen LogP contribution in [0, 0.1) is 11.6 Å². The normalized spacial score (nSPS) is 11.7. The van der Waals surface area contributed by atoms with Crippen LogP contribution in [0.3, 0.4) is 0 Å². The molecule has 0 spiro atoms. The monoisotopic (exact) mass is 397 g/mol. The predicted octanol–water partition coefficient (Wildman–Crippen LogP) is 3.81. The number of nitrogens with two attached hydrogens (primary N) is 1. The number of benzene rings is 3. The number of nitrogens with one attached hydrogen (secondary N) is 1. The minimum Gasteiger partial charge on any atom is -0.489 e. The Morgan fingerprint density at radius 3 is 2.45 bits per heavy atom. The lowest BCUT2D eigenvalue weighted by Crippen LogP contribution is -2.86. The molecule has 0 aromatic heterocycles. The summed E-state index contributed by atoms with van der Waals surface area (Å²) in [6.07, 6.45) is 0. The van der Waals surface area contributed by atoms with E-state index in [0.717, 1.165) is 11.6 Å². The number of amides is 1. The Labute approximate surface area is 168 Å². The molecule has 1 atom stereocenters. The van der Waals surface area contributed by atoms with Gasteiger partial charge < -0.3 is 15.4 Å². The minimum atomic E-state index is -0.618. The Morgan fingerprint density at radius 1 is 1.03 bits per heavy atom. The van der Waals surface area contributed by atoms with Gasteiger partial charge >= 0.3 is 0 Å². The van der Waals surface area contributed by atoms with Crippen molar-refractivity contribution in [1.82, 2.24) is 0 Å². The van der Waals surface area contributed by atoms with E-state index >= 15 is 0 Å². The number of quaternary nitrogens is 1. The van der Waals surface area contributed by atoms with Crippen LogP contribution >= 0.6 is 0 Å². The molecule has 0 radical (unpaired) electrons. The SMILES string of the molecule is C[C@@H]([NH2+]CC(=O)Nc1ccc(OCc2ccccc2)cc1)c1ccc(F)cc1F. The van der Waals surface area contributed by atoms with Gasteiger partial charge in [0.05, 0.1) is 0 Å². The number of halogens is 2. The molecule has 3 aromatic rings. The van der Waals surface area contributed by atoms with Gasteiger partial charge in [0.2, 0.25) is 0 Å². The highest BCUT2D eigenvalue weighted by Crippen LogP contribution is 2.17. The highest BCUT2D eigenvalue weighted by molar-refractivity contribution is 5.91. The highest BCUT2D eigenvalue weighted by atomic mass is 19.1. The molecule has 3 aromatic carbocycles. The number of carbonyl (C=O) groups excluding carboxylic acids is 1. The second-order valence-electron chi connectivity index (χ2n) is 6.74. The lowest BCUT2D eigenvalue weighted by atomic mass is 10.1. The first kappa shape index (κ1) is 20.5. The van der Waals surface area contributed by atoms with Crippen LogP contribution in [-0.2, 0) is 11.4 Å². The molecule has 0 saturated heterocycles. The molecule has 0 aliphatic heterocycles. The summed E-state index contributed by atoms with van der Waals surface area (Å²) in [6, 6.07) is 20.1. The first-order valence-corrected chi connectivity index (χ1v) is 9.36. The van der Waals surface area contributed by atoms with Crippen molar-refractivity contribution in [2.24, 2.45) is 0 Å². The Bertz CT molecular complexity index is 947. The molecule has 0 aliphatic carbocycles. The summed E-state index contributed by atoms with van der Waals surface area (Å²) in [5.41, 5.74) is 2.09. The topological polar surface area (TPSA) is 54.9 Å². The summed E-state index contributed by atoms with van der Waals surface area (Å²) in [4.78, 5) is 12.2. The van der Waals surface area contributed by atoms with Crippen LogP contribution in [-0.4, -0.2) is 12.5 Å². The van der Waals surface area contributed by atoms with Crippen LogP contribution in [0.1, 0.15) is 24.1 Å². The van der Waals surface area contributed by atoms with Gasteiger partial charge in [0, 0.05) is 17.3 Å². The van der Waals surface area contributed by atoms with Gasteiger partial charge in [-0.1, -0.05) is 30.3 Å². The van der Waals surface area contributed by atoms with Crippen molar-refractivity contribution >= 4 is 11.6 Å². The molecule has 1 amide bonds. The van der Waals surface area contributed by atoms with Crippen molar-refractivity contribution in [3.05, 3.63) is 95.6 Å². The first-order chi connectivity index (χ1) is 14.0. The smallest absolute Gasteiger partial charge is 0.279 e. The largest absolute Gasteiger partial charge is 0.489 e. The average Bonchev–Trinajstić information content (AvgIpc) is 2.72. The van der Waals surface area contributed by atoms with Gasteiger partial charge in [-0.2, -0.15) is 0 Å². The maximum absolute atomic E-state index is 13.8. The van der Waals surface area contributed by atoms with Crippen LogP contribution in [0.4, 0.5) is 14.5 Å². The molecule has 6 heteroatoms. The molecule has 0 aliphatic rings. The van der Waals surface area contributed by atoms with E-state index in [-0.39, 0.29) is 18.5 Å². The molecule has 0 saturated carbocycles. The van der Waals surface area contributed by atoms with Gasteiger partial charge in [0.25, 0.3) is 5.91 Å². The highest BCUT2D eigenvalue weighted by Gasteiger charge is 2.16. The molecule has 0 fully saturated rings. The molecule has 150 valence electrons. The van der Waals surface area contributed by atoms with Crippen molar-refractivity contribution < 1.29 is 23.6 Å². The third kappa shape index (κ3) is 6.12. The molecular formula is C23H23F2N2O2+. The fourth-order valence-electron chi connectivity index (χ4n) is 2.87.